The van der Waals surface area contributed by atoms with Gasteiger partial charge in [-0.2, -0.15) is 4.98 Å². The normalized spacial score (nSPS) is 11.7. The van der Waals surface area contributed by atoms with E-state index in [1.165, 1.54) is 0 Å². The molecule has 0 unspecified atom stereocenters. The molecule has 1 aromatic heterocycles. The van der Waals surface area contributed by atoms with Crippen LogP contribution in [0.5, 0.6) is 0 Å². The Morgan fingerprint density at radius 3 is 2.65 bits per heavy atom. The smallest absolute Gasteiger partial charge is 0.236 e. The zero-order chi connectivity index (χ0) is 17.0. The minimum absolute atomic E-state index is 0.0857. The molecule has 23 heavy (non-hydrogen) atoms. The lowest BCUT2D eigenvalue weighted by molar-refractivity contribution is -0.121. The molecule has 2 aromatic rings. The van der Waals surface area contributed by atoms with Gasteiger partial charge in [0, 0.05) is 17.6 Å². The van der Waals surface area contributed by atoms with E-state index in [9.17, 15) is 4.79 Å². The lowest BCUT2D eigenvalue weighted by Crippen LogP contribution is -2.48. The Hall–Kier alpha value is -2.21. The first-order valence-corrected chi connectivity index (χ1v) is 7.62. The number of likely N-dealkylation sites (N-methyl/N-ethyl adjacent to an activating group) is 1. The van der Waals surface area contributed by atoms with Gasteiger partial charge in [0.1, 0.15) is 6.42 Å². The molecule has 124 valence electrons. The number of carbonyl (C=O) groups is 1. The van der Waals surface area contributed by atoms with Crippen LogP contribution in [0.15, 0.2) is 28.8 Å². The Balaban J connectivity index is 1.97. The second-order valence-electron chi connectivity index (χ2n) is 6.49. The van der Waals surface area contributed by atoms with Crippen molar-refractivity contribution in [2.45, 2.75) is 32.7 Å². The summed E-state index contributed by atoms with van der Waals surface area (Å²) in [6, 6.07) is 7.80. The van der Waals surface area contributed by atoms with Crippen molar-refractivity contribution in [1.29, 1.82) is 0 Å². The predicted octanol–water partition coefficient (Wildman–Crippen LogP) is 2.04. The number of hydrogen-bond acceptors (Lipinski definition) is 5. The monoisotopic (exact) mass is 316 g/mol. The highest BCUT2D eigenvalue weighted by molar-refractivity contribution is 5.77. The summed E-state index contributed by atoms with van der Waals surface area (Å²) in [5.41, 5.74) is 1.87. The van der Waals surface area contributed by atoms with Gasteiger partial charge in [-0.15, -0.1) is 0 Å². The van der Waals surface area contributed by atoms with E-state index < -0.39 is 0 Å². The van der Waals surface area contributed by atoms with Gasteiger partial charge in [-0.25, -0.2) is 0 Å². The number of benzene rings is 1. The predicted molar refractivity (Wildman–Crippen MR) is 89.0 cm³/mol. The average molecular weight is 316 g/mol. The molecule has 1 amide bonds. The number of hydrogen-bond donors (Lipinski definition) is 1. The highest BCUT2D eigenvalue weighted by Crippen LogP contribution is 2.19. The molecule has 6 nitrogen and oxygen atoms in total. The van der Waals surface area contributed by atoms with Crippen LogP contribution in [0.1, 0.15) is 25.3 Å². The molecule has 1 aromatic carbocycles. The summed E-state index contributed by atoms with van der Waals surface area (Å²) in [5.74, 6) is 0.711. The molecule has 0 aliphatic heterocycles. The zero-order valence-electron chi connectivity index (χ0n) is 14.4. The fourth-order valence-corrected chi connectivity index (χ4v) is 1.93. The molecule has 0 aliphatic rings. The first-order chi connectivity index (χ1) is 10.8. The molecular weight excluding hydrogens is 292 g/mol. The lowest BCUT2D eigenvalue weighted by Gasteiger charge is -2.32. The Bertz CT molecular complexity index is 677. The first kappa shape index (κ1) is 17.1. The molecule has 0 atom stereocenters. The molecule has 0 fully saturated rings. The first-order valence-electron chi connectivity index (χ1n) is 7.62. The quantitative estimate of drug-likeness (QED) is 0.883. The van der Waals surface area contributed by atoms with Crippen molar-refractivity contribution in [3.63, 3.8) is 0 Å². The van der Waals surface area contributed by atoms with Crippen molar-refractivity contribution < 1.29 is 9.32 Å². The van der Waals surface area contributed by atoms with E-state index in [4.69, 9.17) is 4.52 Å². The number of aromatic nitrogens is 2. The molecule has 0 bridgehead atoms. The number of carbonyl (C=O) groups excluding carboxylic acids is 1. The second kappa shape index (κ2) is 6.91. The van der Waals surface area contributed by atoms with E-state index in [1.807, 2.05) is 45.3 Å². The summed E-state index contributed by atoms with van der Waals surface area (Å²) in [7, 11) is 3.97. The van der Waals surface area contributed by atoms with Crippen LogP contribution < -0.4 is 5.32 Å². The third-order valence-electron chi connectivity index (χ3n) is 4.09. The van der Waals surface area contributed by atoms with Crippen molar-refractivity contribution in [3.05, 3.63) is 35.7 Å². The molecular formula is C17H24N4O2. The largest absolute Gasteiger partial charge is 0.354 e. The highest BCUT2D eigenvalue weighted by Gasteiger charge is 2.22. The molecule has 0 saturated heterocycles. The maximum absolute atomic E-state index is 12.0. The third kappa shape index (κ3) is 4.39. The summed E-state index contributed by atoms with van der Waals surface area (Å²) >= 11 is 0. The van der Waals surface area contributed by atoms with Crippen LogP contribution in [0.2, 0.25) is 0 Å². The Morgan fingerprint density at radius 2 is 2.00 bits per heavy atom. The topological polar surface area (TPSA) is 71.3 Å². The van der Waals surface area contributed by atoms with Gasteiger partial charge in [0.15, 0.2) is 0 Å². The van der Waals surface area contributed by atoms with Crippen molar-refractivity contribution in [3.8, 4) is 11.4 Å². The molecule has 1 heterocycles. The summed E-state index contributed by atoms with van der Waals surface area (Å²) in [4.78, 5) is 18.4. The van der Waals surface area contributed by atoms with E-state index in [1.54, 1.807) is 0 Å². The van der Waals surface area contributed by atoms with E-state index in [-0.39, 0.29) is 17.9 Å². The molecule has 1 N–H and O–H groups in total. The number of amides is 1. The van der Waals surface area contributed by atoms with Crippen LogP contribution in [0, 0.1) is 6.92 Å². The van der Waals surface area contributed by atoms with Crippen LogP contribution in [-0.2, 0) is 11.2 Å². The van der Waals surface area contributed by atoms with Gasteiger partial charge < -0.3 is 14.7 Å². The lowest BCUT2D eigenvalue weighted by atomic mass is 10.0. The van der Waals surface area contributed by atoms with Crippen LogP contribution >= 0.6 is 0 Å². The Labute approximate surface area is 136 Å². The van der Waals surface area contributed by atoms with Crippen LogP contribution in [0.3, 0.4) is 0 Å². The molecule has 0 spiro atoms. The van der Waals surface area contributed by atoms with Crippen LogP contribution in [0.4, 0.5) is 0 Å². The molecule has 2 rings (SSSR count). The van der Waals surface area contributed by atoms with E-state index in [0.717, 1.165) is 11.1 Å². The number of rotatable bonds is 6. The van der Waals surface area contributed by atoms with E-state index >= 15 is 0 Å². The molecule has 0 saturated carbocycles. The molecule has 6 heteroatoms. The molecule has 0 aliphatic carbocycles. The van der Waals surface area contributed by atoms with Crippen molar-refractivity contribution >= 4 is 5.91 Å². The van der Waals surface area contributed by atoms with Crippen LogP contribution in [-0.4, -0.2) is 47.1 Å². The third-order valence-corrected chi connectivity index (χ3v) is 4.09. The fraction of sp³-hybridized carbons (Fsp3) is 0.471. The maximum Gasteiger partial charge on any atom is 0.236 e. The SMILES string of the molecule is Cc1ccccc1-c1noc(CC(=O)NCC(C)(C)N(C)C)n1. The van der Waals surface area contributed by atoms with Gasteiger partial charge in [-0.3, -0.25) is 4.79 Å². The summed E-state index contributed by atoms with van der Waals surface area (Å²) in [6.07, 6.45) is 0.0857. The summed E-state index contributed by atoms with van der Waals surface area (Å²) in [5, 5.41) is 6.87. The van der Waals surface area contributed by atoms with E-state index in [0.29, 0.717) is 18.3 Å². The van der Waals surface area contributed by atoms with Crippen molar-refractivity contribution in [2.24, 2.45) is 0 Å². The van der Waals surface area contributed by atoms with Gasteiger partial charge >= 0.3 is 0 Å². The van der Waals surface area contributed by atoms with Crippen molar-refractivity contribution in [2.75, 3.05) is 20.6 Å². The fourth-order valence-electron chi connectivity index (χ4n) is 1.93. The average Bonchev–Trinajstić information content (AvgIpc) is 2.94. The minimum Gasteiger partial charge on any atom is -0.354 e. The van der Waals surface area contributed by atoms with Gasteiger partial charge in [0.2, 0.25) is 17.6 Å². The maximum atomic E-state index is 12.0. The highest BCUT2D eigenvalue weighted by atomic mass is 16.5. The Kier molecular flexibility index (Phi) is 5.15. The van der Waals surface area contributed by atoms with Crippen LogP contribution in [0.25, 0.3) is 11.4 Å². The van der Waals surface area contributed by atoms with Crippen molar-refractivity contribution in [1.82, 2.24) is 20.4 Å². The Morgan fingerprint density at radius 1 is 1.30 bits per heavy atom. The molecule has 0 radical (unpaired) electrons. The van der Waals surface area contributed by atoms with Gasteiger partial charge in [0.05, 0.1) is 0 Å². The van der Waals surface area contributed by atoms with E-state index in [2.05, 4.69) is 34.2 Å². The summed E-state index contributed by atoms with van der Waals surface area (Å²) < 4.78 is 5.19. The number of nitrogens with zero attached hydrogens (tertiary/aromatic N) is 3. The second-order valence-corrected chi connectivity index (χ2v) is 6.49. The number of aryl methyl sites for hydroxylation is 1. The van der Waals surface area contributed by atoms with Gasteiger partial charge in [-0.1, -0.05) is 29.4 Å². The standard InChI is InChI=1S/C17H24N4O2/c1-12-8-6-7-9-13(12)16-19-15(23-20-16)10-14(22)18-11-17(2,3)21(4)5/h6-9H,10-11H2,1-5H3,(H,18,22). The zero-order valence-corrected chi connectivity index (χ0v) is 14.4. The number of nitrogens with one attached hydrogen (secondary N) is 1. The van der Waals surface area contributed by atoms with Gasteiger partial charge in [0.25, 0.3) is 0 Å². The minimum atomic E-state index is -0.125. The summed E-state index contributed by atoms with van der Waals surface area (Å²) in [6.45, 7) is 6.67. The van der Waals surface area contributed by atoms with Gasteiger partial charge in [-0.05, 0) is 40.4 Å².